The van der Waals surface area contributed by atoms with Crippen molar-refractivity contribution in [1.82, 2.24) is 0 Å². The monoisotopic (exact) mass is 449 g/mol. The topological polar surface area (TPSA) is 46.2 Å². The molecule has 0 aromatic heterocycles. The first-order valence-corrected chi connectivity index (χ1v) is 10.3. The summed E-state index contributed by atoms with van der Waals surface area (Å²) in [6, 6.07) is 18.8. The first-order chi connectivity index (χ1) is 13.4. The molecule has 28 heavy (non-hydrogen) atoms. The van der Waals surface area contributed by atoms with E-state index in [0.717, 1.165) is 4.90 Å². The van der Waals surface area contributed by atoms with Gasteiger partial charge in [0.05, 0.1) is 10.8 Å². The summed E-state index contributed by atoms with van der Waals surface area (Å²) in [6.45, 7) is 0. The second kappa shape index (κ2) is 9.48. The van der Waals surface area contributed by atoms with Crippen LogP contribution in [-0.4, -0.2) is 17.4 Å². The molecule has 0 spiro atoms. The van der Waals surface area contributed by atoms with Crippen LogP contribution in [0.5, 0.6) is 0 Å². The first kappa shape index (κ1) is 20.7. The molecular weight excluding hydrogens is 437 g/mol. The zero-order valence-corrected chi connectivity index (χ0v) is 17.5. The molecule has 3 rings (SSSR count). The van der Waals surface area contributed by atoms with Gasteiger partial charge in [-0.15, -0.1) is 11.8 Å². The number of Topliss-reactive ketones (excluding diaryl/α,β-unsaturated/α-hetero) is 1. The molecule has 0 saturated carbocycles. The van der Waals surface area contributed by atoms with Gasteiger partial charge in [0, 0.05) is 31.8 Å². The lowest BCUT2D eigenvalue weighted by atomic mass is 10.1. The summed E-state index contributed by atoms with van der Waals surface area (Å²) in [4.78, 5) is 25.5. The Morgan fingerprint density at radius 2 is 1.57 bits per heavy atom. The van der Waals surface area contributed by atoms with Gasteiger partial charge in [-0.25, -0.2) is 0 Å². The fraction of sp³-hybridized carbons (Fsp3) is 0.0476. The number of halogens is 3. The van der Waals surface area contributed by atoms with Crippen LogP contribution >= 0.6 is 46.6 Å². The number of anilines is 1. The molecule has 0 fully saturated rings. The van der Waals surface area contributed by atoms with Gasteiger partial charge in [0.1, 0.15) is 0 Å². The molecule has 0 saturated heterocycles. The molecule has 3 aromatic rings. The number of hydrogen-bond acceptors (Lipinski definition) is 3. The highest BCUT2D eigenvalue weighted by Crippen LogP contribution is 2.25. The van der Waals surface area contributed by atoms with E-state index in [1.54, 1.807) is 54.6 Å². The van der Waals surface area contributed by atoms with E-state index in [4.69, 9.17) is 34.8 Å². The second-order valence-corrected chi connectivity index (χ2v) is 8.15. The zero-order chi connectivity index (χ0) is 20.1. The third-order valence-corrected chi connectivity index (χ3v) is 5.60. The first-order valence-electron chi connectivity index (χ1n) is 8.20. The van der Waals surface area contributed by atoms with Crippen LogP contribution in [0.4, 0.5) is 5.69 Å². The summed E-state index contributed by atoms with van der Waals surface area (Å²) in [6.07, 6.45) is 0. The van der Waals surface area contributed by atoms with E-state index < -0.39 is 0 Å². The number of benzene rings is 3. The molecule has 0 aliphatic carbocycles. The molecule has 142 valence electrons. The minimum Gasteiger partial charge on any atom is -0.322 e. The maximum Gasteiger partial charge on any atom is 0.255 e. The van der Waals surface area contributed by atoms with E-state index in [-0.39, 0.29) is 17.4 Å². The van der Waals surface area contributed by atoms with E-state index >= 15 is 0 Å². The summed E-state index contributed by atoms with van der Waals surface area (Å²) >= 11 is 19.2. The third-order valence-electron chi connectivity index (χ3n) is 3.80. The fourth-order valence-electron chi connectivity index (χ4n) is 2.41. The van der Waals surface area contributed by atoms with Gasteiger partial charge >= 0.3 is 0 Å². The van der Waals surface area contributed by atoms with Crippen molar-refractivity contribution in [3.8, 4) is 0 Å². The van der Waals surface area contributed by atoms with Crippen molar-refractivity contribution >= 4 is 63.9 Å². The quantitative estimate of drug-likeness (QED) is 0.329. The molecule has 0 aliphatic heterocycles. The molecule has 3 nitrogen and oxygen atoms in total. The van der Waals surface area contributed by atoms with Crippen LogP contribution in [0.1, 0.15) is 20.7 Å². The lowest BCUT2D eigenvalue weighted by Gasteiger charge is -2.07. The second-order valence-electron chi connectivity index (χ2n) is 5.82. The largest absolute Gasteiger partial charge is 0.322 e. The summed E-state index contributed by atoms with van der Waals surface area (Å²) in [7, 11) is 0. The Bertz CT molecular complexity index is 1020. The number of thioether (sulfide) groups is 1. The van der Waals surface area contributed by atoms with Crippen molar-refractivity contribution in [2.24, 2.45) is 0 Å². The number of ketones is 1. The molecule has 0 bridgehead atoms. The Hall–Kier alpha value is -1.98. The number of hydrogen-bond donors (Lipinski definition) is 1. The highest BCUT2D eigenvalue weighted by molar-refractivity contribution is 8.00. The van der Waals surface area contributed by atoms with E-state index in [0.29, 0.717) is 31.9 Å². The molecule has 1 amide bonds. The Kier molecular flexibility index (Phi) is 7.03. The highest BCUT2D eigenvalue weighted by atomic mass is 35.5. The van der Waals surface area contributed by atoms with Gasteiger partial charge in [-0.2, -0.15) is 0 Å². The predicted octanol–water partition coefficient (Wildman–Crippen LogP) is 6.87. The summed E-state index contributed by atoms with van der Waals surface area (Å²) in [5.41, 5.74) is 1.58. The van der Waals surface area contributed by atoms with E-state index in [1.807, 2.05) is 12.1 Å². The van der Waals surface area contributed by atoms with Gasteiger partial charge in [0.2, 0.25) is 0 Å². The average molecular weight is 451 g/mol. The van der Waals surface area contributed by atoms with Crippen molar-refractivity contribution < 1.29 is 9.59 Å². The van der Waals surface area contributed by atoms with Gasteiger partial charge < -0.3 is 5.32 Å². The maximum atomic E-state index is 12.3. The maximum absolute atomic E-state index is 12.3. The Morgan fingerprint density at radius 3 is 2.25 bits per heavy atom. The van der Waals surface area contributed by atoms with Crippen LogP contribution in [0.25, 0.3) is 0 Å². The highest BCUT2D eigenvalue weighted by Gasteiger charge is 2.12. The van der Waals surface area contributed by atoms with E-state index in [2.05, 4.69) is 5.32 Å². The number of carbonyl (C=O) groups excluding carboxylic acids is 2. The number of carbonyl (C=O) groups is 2. The van der Waals surface area contributed by atoms with Gasteiger partial charge in [0.25, 0.3) is 5.91 Å². The summed E-state index contributed by atoms with van der Waals surface area (Å²) in [5.74, 6) is -0.0734. The van der Waals surface area contributed by atoms with Gasteiger partial charge in [-0.3, -0.25) is 9.59 Å². The van der Waals surface area contributed by atoms with Crippen LogP contribution in [0, 0.1) is 0 Å². The van der Waals surface area contributed by atoms with Crippen LogP contribution in [0.15, 0.2) is 71.6 Å². The van der Waals surface area contributed by atoms with Crippen LogP contribution in [0.3, 0.4) is 0 Å². The summed E-state index contributed by atoms with van der Waals surface area (Å²) < 4.78 is 0. The van der Waals surface area contributed by atoms with Crippen molar-refractivity contribution in [2.45, 2.75) is 4.90 Å². The SMILES string of the molecule is O=C(Nc1ccc(SCC(=O)c2ccc(Cl)cc2Cl)cc1)c1cccc(Cl)c1. The Labute approximate surface area is 182 Å². The smallest absolute Gasteiger partial charge is 0.255 e. The standard InChI is InChI=1S/C21H14Cl3NO2S/c22-14-3-1-2-13(10-14)21(27)25-16-5-7-17(8-6-16)28-12-20(26)18-9-4-15(23)11-19(18)24/h1-11H,12H2,(H,25,27). The van der Waals surface area contributed by atoms with Gasteiger partial charge in [-0.1, -0.05) is 40.9 Å². The number of rotatable bonds is 6. The molecule has 0 atom stereocenters. The molecule has 0 heterocycles. The van der Waals surface area contributed by atoms with Crippen molar-refractivity contribution in [1.29, 1.82) is 0 Å². The fourth-order valence-corrected chi connectivity index (χ4v) is 3.90. The zero-order valence-electron chi connectivity index (χ0n) is 14.4. The van der Waals surface area contributed by atoms with Crippen molar-refractivity contribution in [2.75, 3.05) is 11.1 Å². The molecule has 0 unspecified atom stereocenters. The summed E-state index contributed by atoms with van der Waals surface area (Å²) in [5, 5.41) is 4.15. The molecule has 3 aromatic carbocycles. The van der Waals surface area contributed by atoms with Crippen molar-refractivity contribution in [3.05, 3.63) is 92.9 Å². The van der Waals surface area contributed by atoms with E-state index in [1.165, 1.54) is 11.8 Å². The average Bonchev–Trinajstić information content (AvgIpc) is 2.67. The lowest BCUT2D eigenvalue weighted by Crippen LogP contribution is -2.11. The minimum atomic E-state index is -0.240. The minimum absolute atomic E-state index is 0.0787. The molecule has 0 aliphatic rings. The number of nitrogens with one attached hydrogen (secondary N) is 1. The van der Waals surface area contributed by atoms with Gasteiger partial charge in [-0.05, 0) is 60.7 Å². The van der Waals surface area contributed by atoms with Crippen LogP contribution in [0.2, 0.25) is 15.1 Å². The predicted molar refractivity (Wildman–Crippen MR) is 117 cm³/mol. The van der Waals surface area contributed by atoms with E-state index in [9.17, 15) is 9.59 Å². The molecule has 1 N–H and O–H groups in total. The molecular formula is C21H14Cl3NO2S. The van der Waals surface area contributed by atoms with Crippen LogP contribution < -0.4 is 5.32 Å². The normalized spacial score (nSPS) is 10.5. The Balaban J connectivity index is 1.58. The molecule has 7 heteroatoms. The third kappa shape index (κ3) is 5.52. The molecule has 0 radical (unpaired) electrons. The number of amides is 1. The van der Waals surface area contributed by atoms with Gasteiger partial charge in [0.15, 0.2) is 5.78 Å². The lowest BCUT2D eigenvalue weighted by molar-refractivity contribution is 0.101. The van der Waals surface area contributed by atoms with Crippen molar-refractivity contribution in [3.63, 3.8) is 0 Å². The van der Waals surface area contributed by atoms with Crippen LogP contribution in [-0.2, 0) is 0 Å². The Morgan fingerprint density at radius 1 is 0.857 bits per heavy atom.